The fraction of sp³-hybridized carbons (Fsp3) is 0.462. The molecule has 88 valence electrons. The van der Waals surface area contributed by atoms with Crippen LogP contribution in [0, 0.1) is 0 Å². The van der Waals surface area contributed by atoms with Gasteiger partial charge in [0.2, 0.25) is 0 Å². The van der Waals surface area contributed by atoms with Crippen molar-refractivity contribution in [2.45, 2.75) is 42.3 Å². The van der Waals surface area contributed by atoms with Crippen LogP contribution in [0.15, 0.2) is 35.2 Å². The third kappa shape index (κ3) is 4.54. The molecule has 16 heavy (non-hydrogen) atoms. The summed E-state index contributed by atoms with van der Waals surface area (Å²) in [5.74, 6) is 0. The molecule has 0 aromatic heterocycles. The third-order valence-electron chi connectivity index (χ3n) is 2.53. The Morgan fingerprint density at radius 3 is 2.38 bits per heavy atom. The molecular weight excluding hydrogens is 232 g/mol. The first-order valence-electron chi connectivity index (χ1n) is 5.69. The van der Waals surface area contributed by atoms with Crippen LogP contribution in [0.1, 0.15) is 12.8 Å². The van der Waals surface area contributed by atoms with Gasteiger partial charge in [-0.25, -0.2) is 0 Å². The summed E-state index contributed by atoms with van der Waals surface area (Å²) >= 11 is 1.94. The molecule has 1 aromatic rings. The molecule has 0 aliphatic heterocycles. The van der Waals surface area contributed by atoms with Crippen molar-refractivity contribution in [1.82, 2.24) is 0 Å². The van der Waals surface area contributed by atoms with Crippen molar-refractivity contribution in [3.8, 4) is 0 Å². The molecule has 0 saturated carbocycles. The van der Waals surface area contributed by atoms with Crippen LogP contribution < -0.4 is 0 Å². The first-order valence-corrected chi connectivity index (χ1v) is 10.1. The Morgan fingerprint density at radius 1 is 1.25 bits per heavy atom. The highest BCUT2D eigenvalue weighted by molar-refractivity contribution is 8.01. The average molecular weight is 252 g/mol. The van der Waals surface area contributed by atoms with E-state index in [9.17, 15) is 4.79 Å². The Morgan fingerprint density at radius 2 is 1.88 bits per heavy atom. The zero-order valence-corrected chi connectivity index (χ0v) is 12.1. The zero-order valence-electron chi connectivity index (χ0n) is 10.3. The molecule has 0 bridgehead atoms. The van der Waals surface area contributed by atoms with Gasteiger partial charge in [0.15, 0.2) is 0 Å². The summed E-state index contributed by atoms with van der Waals surface area (Å²) in [6.45, 7) is 7.12. The maximum Gasteiger partial charge on any atom is 0.120 e. The van der Waals surface area contributed by atoms with Gasteiger partial charge in [-0.3, -0.25) is 0 Å². The fourth-order valence-corrected chi connectivity index (χ4v) is 5.30. The van der Waals surface area contributed by atoms with Crippen LogP contribution in [0.5, 0.6) is 0 Å². The lowest BCUT2D eigenvalue weighted by molar-refractivity contribution is -0.107. The molecule has 1 atom stereocenters. The highest BCUT2D eigenvalue weighted by Gasteiger charge is 2.26. The maximum atomic E-state index is 10.5. The minimum Gasteiger partial charge on any atom is -0.303 e. The summed E-state index contributed by atoms with van der Waals surface area (Å²) in [5.41, 5.74) is 0. The van der Waals surface area contributed by atoms with Gasteiger partial charge in [-0.2, -0.15) is 0 Å². The van der Waals surface area contributed by atoms with Gasteiger partial charge in [-0.15, -0.1) is 11.8 Å². The van der Waals surface area contributed by atoms with Crippen molar-refractivity contribution in [3.63, 3.8) is 0 Å². The Labute approximate surface area is 104 Å². The molecule has 0 heterocycles. The molecule has 1 nitrogen and oxygen atoms in total. The molecular formula is C13H20OSSi. The van der Waals surface area contributed by atoms with E-state index < -0.39 is 8.07 Å². The molecule has 3 heteroatoms. The van der Waals surface area contributed by atoms with Crippen LogP contribution >= 0.6 is 11.8 Å². The standard InChI is InChI=1S/C13H20OSSi/c1-16(2,3)13(10-7-11-14)15-12-8-5-4-6-9-12/h4-6,8-9,11,13H,7,10H2,1-3H3. The van der Waals surface area contributed by atoms with E-state index in [-0.39, 0.29) is 0 Å². The summed E-state index contributed by atoms with van der Waals surface area (Å²) in [4.78, 5) is 12.4. The van der Waals surface area contributed by atoms with Crippen molar-refractivity contribution >= 4 is 26.1 Å². The number of hydrogen-bond donors (Lipinski definition) is 0. The summed E-state index contributed by atoms with van der Waals surface area (Å²) < 4.78 is 0. The van der Waals surface area contributed by atoms with E-state index in [0.29, 0.717) is 11.3 Å². The van der Waals surface area contributed by atoms with Gasteiger partial charge in [-0.05, 0) is 18.6 Å². The first kappa shape index (κ1) is 13.5. The van der Waals surface area contributed by atoms with Gasteiger partial charge in [0.05, 0.1) is 8.07 Å². The Hall–Kier alpha value is -0.543. The minimum atomic E-state index is -1.20. The zero-order chi connectivity index (χ0) is 12.0. The van der Waals surface area contributed by atoms with Crippen LogP contribution in [0.3, 0.4) is 0 Å². The highest BCUT2D eigenvalue weighted by Crippen LogP contribution is 2.32. The lowest BCUT2D eigenvalue weighted by Gasteiger charge is -2.28. The number of hydrogen-bond acceptors (Lipinski definition) is 2. The van der Waals surface area contributed by atoms with E-state index in [1.165, 1.54) is 4.90 Å². The van der Waals surface area contributed by atoms with Crippen LogP contribution in [0.25, 0.3) is 0 Å². The summed E-state index contributed by atoms with van der Waals surface area (Å²) in [5, 5.41) is 0. The molecule has 1 unspecified atom stereocenters. The quantitative estimate of drug-likeness (QED) is 0.432. The summed E-state index contributed by atoms with van der Waals surface area (Å²) in [6, 6.07) is 10.5. The van der Waals surface area contributed by atoms with Crippen molar-refractivity contribution in [3.05, 3.63) is 30.3 Å². The molecule has 1 rings (SSSR count). The Balaban J connectivity index is 2.67. The lowest BCUT2D eigenvalue weighted by Crippen LogP contribution is -2.35. The summed E-state index contributed by atoms with van der Waals surface area (Å²) in [7, 11) is -1.20. The fourth-order valence-electron chi connectivity index (χ4n) is 1.55. The second kappa shape index (κ2) is 6.26. The predicted molar refractivity (Wildman–Crippen MR) is 74.7 cm³/mol. The second-order valence-corrected chi connectivity index (χ2v) is 12.2. The Kier molecular flexibility index (Phi) is 5.29. The summed E-state index contributed by atoms with van der Waals surface area (Å²) in [6.07, 6.45) is 2.74. The smallest absolute Gasteiger partial charge is 0.120 e. The molecule has 0 fully saturated rings. The van der Waals surface area contributed by atoms with Crippen molar-refractivity contribution in [2.75, 3.05) is 0 Å². The normalized spacial score (nSPS) is 13.4. The topological polar surface area (TPSA) is 17.1 Å². The van der Waals surface area contributed by atoms with Crippen molar-refractivity contribution < 1.29 is 4.79 Å². The molecule has 1 aromatic carbocycles. The number of benzene rings is 1. The Bertz CT molecular complexity index is 318. The van der Waals surface area contributed by atoms with Gasteiger partial charge in [0.1, 0.15) is 6.29 Å². The van der Waals surface area contributed by atoms with Crippen LogP contribution in [-0.4, -0.2) is 19.2 Å². The number of rotatable bonds is 6. The molecule has 0 N–H and O–H groups in total. The molecule has 0 spiro atoms. The first-order chi connectivity index (χ1) is 7.54. The number of aldehydes is 1. The van der Waals surface area contributed by atoms with Crippen LogP contribution in [0.2, 0.25) is 19.6 Å². The van der Waals surface area contributed by atoms with E-state index in [4.69, 9.17) is 0 Å². The molecule has 0 aliphatic rings. The van der Waals surface area contributed by atoms with Gasteiger partial charge in [0, 0.05) is 16.2 Å². The molecule has 0 aliphatic carbocycles. The largest absolute Gasteiger partial charge is 0.303 e. The maximum absolute atomic E-state index is 10.5. The van der Waals surface area contributed by atoms with Crippen molar-refractivity contribution in [2.24, 2.45) is 0 Å². The van der Waals surface area contributed by atoms with Crippen LogP contribution in [-0.2, 0) is 4.79 Å². The third-order valence-corrected chi connectivity index (χ3v) is 8.29. The molecule has 0 amide bonds. The molecule has 0 saturated heterocycles. The van der Waals surface area contributed by atoms with Crippen molar-refractivity contribution in [1.29, 1.82) is 0 Å². The number of carbonyl (C=O) groups excluding carboxylic acids is 1. The van der Waals surface area contributed by atoms with Gasteiger partial charge < -0.3 is 4.79 Å². The molecule has 0 radical (unpaired) electrons. The van der Waals surface area contributed by atoms with E-state index in [1.807, 2.05) is 17.8 Å². The SMILES string of the molecule is C[Si](C)(C)C(CCC=O)Sc1ccccc1. The second-order valence-electron chi connectivity index (χ2n) is 5.03. The average Bonchev–Trinajstić information content (AvgIpc) is 2.24. The predicted octanol–water partition coefficient (Wildman–Crippen LogP) is 4.00. The van der Waals surface area contributed by atoms with Gasteiger partial charge in [-0.1, -0.05) is 37.8 Å². The monoisotopic (exact) mass is 252 g/mol. The van der Waals surface area contributed by atoms with E-state index in [1.54, 1.807) is 0 Å². The van der Waals surface area contributed by atoms with Gasteiger partial charge >= 0.3 is 0 Å². The van der Waals surface area contributed by atoms with E-state index in [2.05, 4.69) is 43.9 Å². The van der Waals surface area contributed by atoms with E-state index in [0.717, 1.165) is 12.7 Å². The number of thioether (sulfide) groups is 1. The lowest BCUT2D eigenvalue weighted by atomic mass is 10.4. The highest BCUT2D eigenvalue weighted by atomic mass is 32.2. The van der Waals surface area contributed by atoms with E-state index >= 15 is 0 Å². The van der Waals surface area contributed by atoms with Crippen LogP contribution in [0.4, 0.5) is 0 Å². The van der Waals surface area contributed by atoms with Gasteiger partial charge in [0.25, 0.3) is 0 Å². The number of carbonyl (C=O) groups is 1. The minimum absolute atomic E-state index is 0.625.